The Labute approximate surface area is 150 Å². The summed E-state index contributed by atoms with van der Waals surface area (Å²) in [6.07, 6.45) is 0. The average Bonchev–Trinajstić information content (AvgIpc) is 3.22. The molecule has 0 aliphatic carbocycles. The van der Waals surface area contributed by atoms with E-state index in [1.165, 1.54) is 6.07 Å². The zero-order valence-corrected chi connectivity index (χ0v) is 15.2. The van der Waals surface area contributed by atoms with E-state index in [0.29, 0.717) is 21.8 Å². The first-order valence-electron chi connectivity index (χ1n) is 7.27. The highest BCUT2D eigenvalue weighted by Crippen LogP contribution is 2.27. The molecule has 2 aromatic rings. The molecule has 3 rings (SSSR count). The van der Waals surface area contributed by atoms with E-state index in [2.05, 4.69) is 43.6 Å². The van der Waals surface area contributed by atoms with Gasteiger partial charge in [-0.05, 0) is 50.2 Å². The number of nitrogens with zero attached hydrogens (tertiary/aromatic N) is 4. The van der Waals surface area contributed by atoms with Gasteiger partial charge in [0.15, 0.2) is 12.4 Å². The third kappa shape index (κ3) is 3.64. The van der Waals surface area contributed by atoms with Crippen LogP contribution in [0.3, 0.4) is 0 Å². The molecule has 0 amide bonds. The second-order valence-electron chi connectivity index (χ2n) is 4.78. The maximum atomic E-state index is 13.4. The van der Waals surface area contributed by atoms with Gasteiger partial charge < -0.3 is 10.2 Å². The highest BCUT2D eigenvalue weighted by atomic mass is 79.9. The lowest BCUT2D eigenvalue weighted by atomic mass is 10.2. The summed E-state index contributed by atoms with van der Waals surface area (Å²) in [5.41, 5.74) is 1.17. The normalized spacial score (nSPS) is 13.8. The van der Waals surface area contributed by atoms with Crippen LogP contribution in [0.1, 0.15) is 12.6 Å². The molecular weight excluding hydrogens is 401 g/mol. The topological polar surface area (TPSA) is 75.8 Å². The summed E-state index contributed by atoms with van der Waals surface area (Å²) in [6.45, 7) is 3.04. The summed E-state index contributed by atoms with van der Waals surface area (Å²) in [5, 5.41) is 15.0. The molecule has 0 spiro atoms. The molecule has 0 saturated heterocycles. The Morgan fingerprint density at radius 1 is 1.42 bits per heavy atom. The second-order valence-corrected chi connectivity index (χ2v) is 7.03. The predicted octanol–water partition coefficient (Wildman–Crippen LogP) is 3.29. The van der Waals surface area contributed by atoms with E-state index in [1.807, 2.05) is 11.8 Å². The van der Waals surface area contributed by atoms with Gasteiger partial charge in [-0.15, -0.1) is 0 Å². The van der Waals surface area contributed by atoms with E-state index in [1.54, 1.807) is 17.0 Å². The van der Waals surface area contributed by atoms with Crippen LogP contribution in [0.5, 0.6) is 0 Å². The molecule has 1 aromatic heterocycles. The molecule has 1 N–H and O–H groups in total. The predicted molar refractivity (Wildman–Crippen MR) is 94.9 cm³/mol. The summed E-state index contributed by atoms with van der Waals surface area (Å²) >= 11 is 5.00. The van der Waals surface area contributed by atoms with Crippen LogP contribution >= 0.6 is 27.7 Å². The lowest BCUT2D eigenvalue weighted by Gasteiger charge is -2.17. The zero-order chi connectivity index (χ0) is 16.9. The number of anilines is 2. The number of rotatable bonds is 7. The Bertz CT molecular complexity index is 742. The van der Waals surface area contributed by atoms with Gasteiger partial charge in [-0.1, -0.05) is 12.1 Å². The van der Waals surface area contributed by atoms with Gasteiger partial charge in [-0.2, -0.15) is 11.8 Å². The molecule has 0 atom stereocenters. The SMILES string of the molecule is CCSCCNc1nonc1C1=NOCN1c1ccc(F)c(Br)c1. The lowest BCUT2D eigenvalue weighted by Crippen LogP contribution is -2.29. The van der Waals surface area contributed by atoms with Crippen LogP contribution < -0.4 is 10.2 Å². The van der Waals surface area contributed by atoms with Crippen LogP contribution in [-0.2, 0) is 4.84 Å². The molecule has 0 bridgehead atoms. The Kier molecular flexibility index (Phi) is 5.56. The molecule has 10 heteroatoms. The fraction of sp³-hybridized carbons (Fsp3) is 0.357. The van der Waals surface area contributed by atoms with Crippen molar-refractivity contribution in [2.45, 2.75) is 6.92 Å². The van der Waals surface area contributed by atoms with Crippen molar-refractivity contribution in [3.63, 3.8) is 0 Å². The molecule has 0 radical (unpaired) electrons. The third-order valence-electron chi connectivity index (χ3n) is 3.25. The summed E-state index contributed by atoms with van der Waals surface area (Å²) in [7, 11) is 0. The molecule has 1 aliphatic heterocycles. The van der Waals surface area contributed by atoms with Crippen LogP contribution in [-0.4, -0.2) is 40.9 Å². The average molecular weight is 416 g/mol. The largest absolute Gasteiger partial charge is 0.371 e. The fourth-order valence-corrected chi connectivity index (χ4v) is 3.02. The monoisotopic (exact) mass is 415 g/mol. The molecule has 24 heavy (non-hydrogen) atoms. The van der Waals surface area contributed by atoms with E-state index in [9.17, 15) is 4.39 Å². The fourth-order valence-electron chi connectivity index (χ4n) is 2.12. The van der Waals surface area contributed by atoms with E-state index < -0.39 is 0 Å². The Balaban J connectivity index is 1.78. The third-order valence-corrected chi connectivity index (χ3v) is 4.76. The van der Waals surface area contributed by atoms with Gasteiger partial charge in [0.1, 0.15) is 5.82 Å². The Morgan fingerprint density at radius 3 is 3.08 bits per heavy atom. The van der Waals surface area contributed by atoms with E-state index in [4.69, 9.17) is 9.47 Å². The molecule has 0 fully saturated rings. The number of thioether (sulfide) groups is 1. The summed E-state index contributed by atoms with van der Waals surface area (Å²) in [6, 6.07) is 4.67. The van der Waals surface area contributed by atoms with Crippen LogP contribution in [0.15, 0.2) is 32.5 Å². The minimum Gasteiger partial charge on any atom is -0.371 e. The number of hydrogen-bond acceptors (Lipinski definition) is 8. The van der Waals surface area contributed by atoms with Crippen molar-refractivity contribution >= 4 is 45.0 Å². The Morgan fingerprint density at radius 2 is 2.29 bits per heavy atom. The van der Waals surface area contributed by atoms with Crippen molar-refractivity contribution in [2.75, 3.05) is 35.0 Å². The summed E-state index contributed by atoms with van der Waals surface area (Å²) in [4.78, 5) is 6.94. The number of amidine groups is 1. The van der Waals surface area contributed by atoms with Gasteiger partial charge in [0.2, 0.25) is 11.7 Å². The Hall–Kier alpha value is -1.81. The van der Waals surface area contributed by atoms with Crippen LogP contribution in [0.4, 0.5) is 15.9 Å². The molecule has 7 nitrogen and oxygen atoms in total. The molecule has 2 heterocycles. The van der Waals surface area contributed by atoms with Gasteiger partial charge in [0.05, 0.1) is 4.47 Å². The number of aromatic nitrogens is 2. The molecular formula is C14H15BrFN5O2S. The van der Waals surface area contributed by atoms with E-state index in [-0.39, 0.29) is 12.5 Å². The highest BCUT2D eigenvalue weighted by molar-refractivity contribution is 9.10. The standard InChI is InChI=1S/C14H15BrFN5O2S/c1-2-24-6-5-17-13-12(18-23-19-13)14-20-22-8-21(14)9-3-4-11(16)10(15)7-9/h3-4,7H,2,5-6,8H2,1H3,(H,17,19). The number of nitrogens with one attached hydrogen (secondary N) is 1. The minimum absolute atomic E-state index is 0.200. The molecule has 1 aromatic carbocycles. The van der Waals surface area contributed by atoms with Gasteiger partial charge in [-0.3, -0.25) is 4.90 Å². The smallest absolute Gasteiger partial charge is 0.208 e. The minimum atomic E-state index is -0.337. The first-order valence-corrected chi connectivity index (χ1v) is 9.22. The molecule has 0 unspecified atom stereocenters. The zero-order valence-electron chi connectivity index (χ0n) is 12.8. The van der Waals surface area contributed by atoms with Crippen LogP contribution in [0, 0.1) is 5.82 Å². The van der Waals surface area contributed by atoms with Crippen molar-refractivity contribution in [1.82, 2.24) is 10.3 Å². The quantitative estimate of drug-likeness (QED) is 0.695. The van der Waals surface area contributed by atoms with Gasteiger partial charge in [0.25, 0.3) is 0 Å². The van der Waals surface area contributed by atoms with Crippen LogP contribution in [0.25, 0.3) is 0 Å². The number of halogens is 2. The number of benzene rings is 1. The van der Waals surface area contributed by atoms with Crippen molar-refractivity contribution in [3.8, 4) is 0 Å². The summed E-state index contributed by atoms with van der Waals surface area (Å²) < 4.78 is 18.6. The van der Waals surface area contributed by atoms with Gasteiger partial charge in [-0.25, -0.2) is 9.02 Å². The molecule has 128 valence electrons. The van der Waals surface area contributed by atoms with Crippen molar-refractivity contribution in [2.24, 2.45) is 5.16 Å². The van der Waals surface area contributed by atoms with Gasteiger partial charge in [0, 0.05) is 18.0 Å². The summed E-state index contributed by atoms with van der Waals surface area (Å²) in [5.74, 6) is 2.62. The second kappa shape index (κ2) is 7.84. The highest BCUT2D eigenvalue weighted by Gasteiger charge is 2.28. The lowest BCUT2D eigenvalue weighted by molar-refractivity contribution is 0.174. The van der Waals surface area contributed by atoms with Crippen molar-refractivity contribution in [3.05, 3.63) is 34.2 Å². The number of hydrogen-bond donors (Lipinski definition) is 1. The van der Waals surface area contributed by atoms with E-state index >= 15 is 0 Å². The van der Waals surface area contributed by atoms with Crippen molar-refractivity contribution in [1.29, 1.82) is 0 Å². The van der Waals surface area contributed by atoms with Crippen LogP contribution in [0.2, 0.25) is 0 Å². The maximum absolute atomic E-state index is 13.4. The first kappa shape index (κ1) is 17.0. The van der Waals surface area contributed by atoms with Crippen molar-refractivity contribution < 1.29 is 13.9 Å². The maximum Gasteiger partial charge on any atom is 0.208 e. The molecule has 0 saturated carbocycles. The van der Waals surface area contributed by atoms with E-state index in [0.717, 1.165) is 23.7 Å². The molecule has 1 aliphatic rings. The number of oxime groups is 1. The van der Waals surface area contributed by atoms with Gasteiger partial charge >= 0.3 is 0 Å². The first-order chi connectivity index (χ1) is 11.7.